The van der Waals surface area contributed by atoms with E-state index in [-0.39, 0.29) is 10.7 Å². The molecule has 0 spiro atoms. The highest BCUT2D eigenvalue weighted by Crippen LogP contribution is 2.34. The Morgan fingerprint density at radius 1 is 0.829 bits per heavy atom. The first-order valence-electron chi connectivity index (χ1n) is 10.9. The number of halogens is 1. The second-order valence-corrected chi connectivity index (χ2v) is 8.37. The number of imide groups is 1. The van der Waals surface area contributed by atoms with Gasteiger partial charge in [-0.2, -0.15) is 0 Å². The smallest absolute Gasteiger partial charge is 0.343 e. The van der Waals surface area contributed by atoms with Crippen LogP contribution in [-0.2, 0) is 9.59 Å². The molecule has 0 fully saturated rings. The second-order valence-electron chi connectivity index (χ2n) is 7.99. The van der Waals surface area contributed by atoms with Gasteiger partial charge in [0.05, 0.1) is 11.3 Å². The summed E-state index contributed by atoms with van der Waals surface area (Å²) >= 11 is 6.29. The maximum absolute atomic E-state index is 13.2. The number of nitrogens with one attached hydrogen (secondary N) is 1. The maximum Gasteiger partial charge on any atom is 0.343 e. The van der Waals surface area contributed by atoms with E-state index >= 15 is 0 Å². The van der Waals surface area contributed by atoms with Crippen molar-refractivity contribution in [3.05, 3.63) is 113 Å². The number of benzene rings is 4. The molecule has 0 saturated heterocycles. The number of aryl methyl sites for hydroxylation is 1. The zero-order valence-electron chi connectivity index (χ0n) is 18.6. The fraction of sp³-hybridized carbons (Fsp3) is 0.0357. The van der Waals surface area contributed by atoms with E-state index < -0.39 is 17.8 Å². The number of hydrogen-bond acceptors (Lipinski definition) is 5. The van der Waals surface area contributed by atoms with Crippen molar-refractivity contribution in [1.82, 2.24) is 0 Å². The molecule has 7 heteroatoms. The lowest BCUT2D eigenvalue weighted by Crippen LogP contribution is -2.32. The van der Waals surface area contributed by atoms with Crippen molar-refractivity contribution in [3.8, 4) is 5.75 Å². The van der Waals surface area contributed by atoms with Crippen LogP contribution in [0.1, 0.15) is 15.9 Å². The summed E-state index contributed by atoms with van der Waals surface area (Å²) in [5.41, 5.74) is 2.11. The van der Waals surface area contributed by atoms with Gasteiger partial charge in [0.2, 0.25) is 0 Å². The highest BCUT2D eigenvalue weighted by molar-refractivity contribution is 6.53. The van der Waals surface area contributed by atoms with Crippen LogP contribution >= 0.6 is 11.6 Å². The highest BCUT2D eigenvalue weighted by Gasteiger charge is 2.39. The molecule has 4 aromatic rings. The number of hydrogen-bond donors (Lipinski definition) is 1. The van der Waals surface area contributed by atoms with Crippen LogP contribution in [0.15, 0.2) is 102 Å². The van der Waals surface area contributed by atoms with Gasteiger partial charge in [-0.05, 0) is 54.3 Å². The van der Waals surface area contributed by atoms with E-state index in [0.29, 0.717) is 22.7 Å². The highest BCUT2D eigenvalue weighted by atomic mass is 35.5. The molecule has 0 atom stereocenters. The average Bonchev–Trinajstić information content (AvgIpc) is 3.08. The Bertz CT molecular complexity index is 1520. The van der Waals surface area contributed by atoms with Crippen molar-refractivity contribution in [2.45, 2.75) is 6.92 Å². The van der Waals surface area contributed by atoms with E-state index in [1.807, 2.05) is 49.4 Å². The molecule has 1 N–H and O–H groups in total. The van der Waals surface area contributed by atoms with Gasteiger partial charge >= 0.3 is 5.97 Å². The number of carbonyl (C=O) groups is 3. The van der Waals surface area contributed by atoms with Crippen LogP contribution in [0.3, 0.4) is 0 Å². The lowest BCUT2D eigenvalue weighted by Gasteiger charge is -2.17. The summed E-state index contributed by atoms with van der Waals surface area (Å²) in [6.45, 7) is 1.86. The van der Waals surface area contributed by atoms with Crippen molar-refractivity contribution >= 4 is 51.5 Å². The van der Waals surface area contributed by atoms with E-state index in [1.165, 1.54) is 0 Å². The summed E-state index contributed by atoms with van der Waals surface area (Å²) in [4.78, 5) is 39.7. The van der Waals surface area contributed by atoms with Crippen molar-refractivity contribution < 1.29 is 19.1 Å². The van der Waals surface area contributed by atoms with Gasteiger partial charge in [0.1, 0.15) is 16.5 Å². The Labute approximate surface area is 206 Å². The molecule has 0 bridgehead atoms. The average molecular weight is 483 g/mol. The van der Waals surface area contributed by atoms with Crippen molar-refractivity contribution in [2.24, 2.45) is 0 Å². The third kappa shape index (κ3) is 4.16. The van der Waals surface area contributed by atoms with E-state index in [1.54, 1.807) is 48.5 Å². The molecule has 2 amide bonds. The number of amides is 2. The summed E-state index contributed by atoms with van der Waals surface area (Å²) < 4.78 is 5.46. The van der Waals surface area contributed by atoms with Crippen LogP contribution in [0, 0.1) is 6.92 Å². The Morgan fingerprint density at radius 3 is 2.29 bits per heavy atom. The number of carbonyl (C=O) groups excluding carboxylic acids is 3. The van der Waals surface area contributed by atoms with Gasteiger partial charge in [-0.1, -0.05) is 66.2 Å². The van der Waals surface area contributed by atoms with Crippen LogP contribution in [0.2, 0.25) is 0 Å². The Morgan fingerprint density at radius 2 is 1.51 bits per heavy atom. The molecule has 0 unspecified atom stereocenters. The fourth-order valence-electron chi connectivity index (χ4n) is 3.90. The first-order chi connectivity index (χ1) is 16.9. The molecule has 1 heterocycles. The molecule has 172 valence electrons. The molecule has 0 aromatic heterocycles. The van der Waals surface area contributed by atoms with Crippen LogP contribution in [-0.4, -0.2) is 17.8 Å². The quantitative estimate of drug-likeness (QED) is 0.221. The molecule has 0 saturated carbocycles. The Balaban J connectivity index is 1.35. The minimum absolute atomic E-state index is 0.0279. The number of ether oxygens (including phenoxy) is 1. The van der Waals surface area contributed by atoms with Gasteiger partial charge < -0.3 is 10.1 Å². The number of fused-ring (bicyclic) bond motifs is 1. The van der Waals surface area contributed by atoms with Gasteiger partial charge in [-0.25, -0.2) is 9.69 Å². The van der Waals surface area contributed by atoms with Crippen molar-refractivity contribution in [3.63, 3.8) is 0 Å². The number of esters is 1. The summed E-state index contributed by atoms with van der Waals surface area (Å²) in [5.74, 6) is -1.18. The normalized spacial score (nSPS) is 13.5. The second kappa shape index (κ2) is 9.08. The lowest BCUT2D eigenvalue weighted by molar-refractivity contribution is -0.120. The lowest BCUT2D eigenvalue weighted by atomic mass is 10.1. The van der Waals surface area contributed by atoms with E-state index in [0.717, 1.165) is 21.2 Å². The predicted octanol–water partition coefficient (Wildman–Crippen LogP) is 5.80. The number of rotatable bonds is 5. The molecular weight excluding hydrogens is 464 g/mol. The minimum atomic E-state index is -0.603. The van der Waals surface area contributed by atoms with Crippen LogP contribution in [0.5, 0.6) is 5.75 Å². The summed E-state index contributed by atoms with van der Waals surface area (Å²) in [6.07, 6.45) is 0. The standard InChI is InChI=1S/C28H19ClN2O4/c1-17-7-2-5-12-23(17)35-28(34)19-13-15-20(16-14-19)30-25-24(29)26(32)31(27(25)33)22-11-6-9-18-8-3-4-10-21(18)22/h2-16,30H,1H3. The summed E-state index contributed by atoms with van der Waals surface area (Å²) in [5, 5.41) is 4.39. The predicted molar refractivity (Wildman–Crippen MR) is 136 cm³/mol. The Kier molecular flexibility index (Phi) is 5.81. The molecule has 35 heavy (non-hydrogen) atoms. The van der Waals surface area contributed by atoms with Crippen LogP contribution in [0.25, 0.3) is 10.8 Å². The van der Waals surface area contributed by atoms with Crippen LogP contribution in [0.4, 0.5) is 11.4 Å². The largest absolute Gasteiger partial charge is 0.423 e. The molecular formula is C28H19ClN2O4. The number of nitrogens with zero attached hydrogens (tertiary/aromatic N) is 1. The fourth-order valence-corrected chi connectivity index (χ4v) is 4.11. The number of anilines is 2. The monoisotopic (exact) mass is 482 g/mol. The number of para-hydroxylation sites is 1. The molecule has 5 rings (SSSR count). The Hall–Kier alpha value is -4.42. The SMILES string of the molecule is Cc1ccccc1OC(=O)c1ccc(NC2=C(Cl)C(=O)N(c3cccc4ccccc34)C2=O)cc1. The topological polar surface area (TPSA) is 75.7 Å². The zero-order valence-corrected chi connectivity index (χ0v) is 19.4. The van der Waals surface area contributed by atoms with Crippen LogP contribution < -0.4 is 15.0 Å². The van der Waals surface area contributed by atoms with Gasteiger partial charge in [-0.3, -0.25) is 9.59 Å². The van der Waals surface area contributed by atoms with Gasteiger partial charge in [0, 0.05) is 11.1 Å². The molecule has 1 aliphatic heterocycles. The van der Waals surface area contributed by atoms with Gasteiger partial charge in [0.15, 0.2) is 0 Å². The van der Waals surface area contributed by atoms with E-state index in [4.69, 9.17) is 16.3 Å². The maximum atomic E-state index is 13.2. The van der Waals surface area contributed by atoms with E-state index in [2.05, 4.69) is 5.32 Å². The van der Waals surface area contributed by atoms with Gasteiger partial charge in [-0.15, -0.1) is 0 Å². The molecule has 4 aromatic carbocycles. The first-order valence-corrected chi connectivity index (χ1v) is 11.2. The molecule has 0 aliphatic carbocycles. The first kappa shape index (κ1) is 22.4. The zero-order chi connectivity index (χ0) is 24.5. The summed E-state index contributed by atoms with van der Waals surface area (Å²) in [6, 6.07) is 26.5. The third-order valence-electron chi connectivity index (χ3n) is 5.72. The van der Waals surface area contributed by atoms with E-state index in [9.17, 15) is 14.4 Å². The molecule has 0 radical (unpaired) electrons. The minimum Gasteiger partial charge on any atom is -0.423 e. The summed E-state index contributed by atoms with van der Waals surface area (Å²) in [7, 11) is 0. The van der Waals surface area contributed by atoms with Crippen molar-refractivity contribution in [1.29, 1.82) is 0 Å². The molecule has 6 nitrogen and oxygen atoms in total. The van der Waals surface area contributed by atoms with Crippen molar-refractivity contribution in [2.75, 3.05) is 10.2 Å². The third-order valence-corrected chi connectivity index (χ3v) is 6.07. The van der Waals surface area contributed by atoms with Gasteiger partial charge in [0.25, 0.3) is 11.8 Å². The molecule has 1 aliphatic rings.